The van der Waals surface area contributed by atoms with Gasteiger partial charge in [0.25, 0.3) is 0 Å². The van der Waals surface area contributed by atoms with Crippen LogP contribution in [0.25, 0.3) is 5.70 Å². The van der Waals surface area contributed by atoms with Crippen LogP contribution in [0.2, 0.25) is 0 Å². The minimum atomic E-state index is 0.307. The molecule has 5 heteroatoms. The molecule has 3 heterocycles. The maximum Gasteiger partial charge on any atom is 0.0490 e. The molecule has 0 spiro atoms. The van der Waals surface area contributed by atoms with E-state index in [2.05, 4.69) is 91.5 Å². The Bertz CT molecular complexity index is 837. The molecule has 0 saturated carbocycles. The minimum Gasteiger partial charge on any atom is -0.399 e. The van der Waals surface area contributed by atoms with Gasteiger partial charge in [-0.2, -0.15) is 5.10 Å². The van der Waals surface area contributed by atoms with E-state index in [1.54, 1.807) is 0 Å². The average molecular weight is 452 g/mol. The largest absolute Gasteiger partial charge is 0.399 e. The van der Waals surface area contributed by atoms with Crippen molar-refractivity contribution in [2.24, 2.45) is 5.73 Å². The lowest BCUT2D eigenvalue weighted by Gasteiger charge is -2.40. The fourth-order valence-corrected chi connectivity index (χ4v) is 5.11. The highest BCUT2D eigenvalue weighted by Gasteiger charge is 2.33. The van der Waals surface area contributed by atoms with Crippen molar-refractivity contribution < 1.29 is 0 Å². The van der Waals surface area contributed by atoms with E-state index in [0.717, 1.165) is 5.56 Å². The third-order valence-electron chi connectivity index (χ3n) is 7.80. The Morgan fingerprint density at radius 2 is 1.52 bits per heavy atom. The van der Waals surface area contributed by atoms with Crippen LogP contribution in [-0.2, 0) is 5.41 Å². The van der Waals surface area contributed by atoms with E-state index in [0.29, 0.717) is 29.1 Å². The number of aromatic amines is 1. The van der Waals surface area contributed by atoms with E-state index < -0.39 is 0 Å². The Labute approximate surface area is 201 Å². The van der Waals surface area contributed by atoms with Gasteiger partial charge >= 0.3 is 0 Å². The molecule has 5 nitrogen and oxygen atoms in total. The number of nitrogens with zero attached hydrogens (tertiary/aromatic N) is 3. The first-order chi connectivity index (χ1) is 15.7. The smallest absolute Gasteiger partial charge is 0.0490 e. The summed E-state index contributed by atoms with van der Waals surface area (Å²) in [6.07, 6.45) is 6.85. The van der Waals surface area contributed by atoms with Crippen molar-refractivity contribution in [2.45, 2.75) is 83.7 Å². The van der Waals surface area contributed by atoms with Gasteiger partial charge in [0.2, 0.25) is 0 Å². The zero-order chi connectivity index (χ0) is 24.0. The summed E-state index contributed by atoms with van der Waals surface area (Å²) in [4.78, 5) is 5.12. The zero-order valence-corrected chi connectivity index (χ0v) is 21.5. The fourth-order valence-electron chi connectivity index (χ4n) is 5.11. The Morgan fingerprint density at radius 3 is 1.97 bits per heavy atom. The van der Waals surface area contributed by atoms with Crippen LogP contribution in [0.15, 0.2) is 43.1 Å². The number of likely N-dealkylation sites (tertiary alicyclic amines) is 2. The van der Waals surface area contributed by atoms with Crippen molar-refractivity contribution in [1.29, 1.82) is 0 Å². The molecule has 0 aliphatic carbocycles. The SMILES string of the molecule is C=C(N)c1ccc(C2CCN(C(C)C)CC2)cc1.CC(C)N1CCC(C)(c2ccn[nH]2)CC1. The van der Waals surface area contributed by atoms with Gasteiger partial charge in [-0.3, -0.25) is 5.10 Å². The third kappa shape index (κ3) is 6.70. The molecule has 2 saturated heterocycles. The van der Waals surface area contributed by atoms with E-state index in [-0.39, 0.29) is 0 Å². The standard InChI is InChI=1S/C16H24N2.C12H21N3/c1-12(2)18-10-8-16(9-11-18)15-6-4-14(5-7-15)13(3)17;1-10(2)15-8-5-12(3,6-9-15)11-4-7-13-14-11/h4-7,12,16H,3,8-11,17H2,1-2H3;4,7,10H,5-6,8-9H2,1-3H3,(H,13,14). The maximum atomic E-state index is 5.69. The molecule has 4 rings (SSSR count). The van der Waals surface area contributed by atoms with Gasteiger partial charge in [-0.15, -0.1) is 0 Å². The number of piperidine rings is 2. The number of hydrogen-bond acceptors (Lipinski definition) is 4. The first-order valence-electron chi connectivity index (χ1n) is 12.7. The number of hydrogen-bond donors (Lipinski definition) is 2. The molecule has 0 unspecified atom stereocenters. The van der Waals surface area contributed by atoms with Gasteiger partial charge in [0, 0.05) is 35.1 Å². The van der Waals surface area contributed by atoms with Crippen LogP contribution in [0.3, 0.4) is 0 Å². The van der Waals surface area contributed by atoms with Crippen LogP contribution in [0.5, 0.6) is 0 Å². The zero-order valence-electron chi connectivity index (χ0n) is 21.5. The predicted octanol–water partition coefficient (Wildman–Crippen LogP) is 5.38. The van der Waals surface area contributed by atoms with Crippen LogP contribution in [0.1, 0.15) is 83.0 Å². The lowest BCUT2D eigenvalue weighted by molar-refractivity contribution is 0.135. The summed E-state index contributed by atoms with van der Waals surface area (Å²) in [5.41, 5.74) is 10.4. The molecule has 182 valence electrons. The molecule has 0 bridgehead atoms. The molecule has 2 aromatic rings. The third-order valence-corrected chi connectivity index (χ3v) is 7.80. The lowest BCUT2D eigenvalue weighted by Crippen LogP contribution is -2.44. The van der Waals surface area contributed by atoms with Gasteiger partial charge in [0.1, 0.15) is 0 Å². The highest BCUT2D eigenvalue weighted by Crippen LogP contribution is 2.34. The van der Waals surface area contributed by atoms with Crippen LogP contribution >= 0.6 is 0 Å². The Balaban J connectivity index is 0.000000189. The molecule has 1 aromatic heterocycles. The molecule has 3 N–H and O–H groups in total. The van der Waals surface area contributed by atoms with Crippen LogP contribution in [0, 0.1) is 0 Å². The Kier molecular flexibility index (Phi) is 8.77. The van der Waals surface area contributed by atoms with E-state index in [9.17, 15) is 0 Å². The summed E-state index contributed by atoms with van der Waals surface area (Å²) in [6, 6.07) is 12.1. The minimum absolute atomic E-state index is 0.307. The monoisotopic (exact) mass is 451 g/mol. The first kappa shape index (κ1) is 25.5. The lowest BCUT2D eigenvalue weighted by atomic mass is 9.77. The molecule has 0 atom stereocenters. The van der Waals surface area contributed by atoms with Crippen LogP contribution in [-0.4, -0.2) is 58.3 Å². The van der Waals surface area contributed by atoms with Crippen molar-refractivity contribution >= 4 is 5.70 Å². The molecule has 2 aliphatic heterocycles. The van der Waals surface area contributed by atoms with Gasteiger partial charge in [0.05, 0.1) is 0 Å². The summed E-state index contributed by atoms with van der Waals surface area (Å²) < 4.78 is 0. The molecule has 1 aromatic carbocycles. The maximum absolute atomic E-state index is 5.69. The average Bonchev–Trinajstić information content (AvgIpc) is 3.36. The number of H-pyrrole nitrogens is 1. The first-order valence-corrected chi connectivity index (χ1v) is 12.7. The molecule has 0 radical (unpaired) electrons. The van der Waals surface area contributed by atoms with Gasteiger partial charge in [-0.25, -0.2) is 0 Å². The quantitative estimate of drug-likeness (QED) is 0.641. The van der Waals surface area contributed by atoms with Crippen molar-refractivity contribution in [3.63, 3.8) is 0 Å². The highest BCUT2D eigenvalue weighted by atomic mass is 15.2. The van der Waals surface area contributed by atoms with E-state index in [1.807, 2.05) is 6.20 Å². The Hall–Kier alpha value is -2.11. The molecule has 33 heavy (non-hydrogen) atoms. The molecular formula is C28H45N5. The predicted molar refractivity (Wildman–Crippen MR) is 140 cm³/mol. The number of nitrogens with one attached hydrogen (secondary N) is 1. The summed E-state index contributed by atoms with van der Waals surface area (Å²) in [7, 11) is 0. The van der Waals surface area contributed by atoms with Crippen LogP contribution in [0.4, 0.5) is 0 Å². The summed E-state index contributed by atoms with van der Waals surface area (Å²) in [5.74, 6) is 0.708. The van der Waals surface area contributed by atoms with Gasteiger partial charge in [0.15, 0.2) is 0 Å². The Morgan fingerprint density at radius 1 is 0.970 bits per heavy atom. The number of benzene rings is 1. The normalized spacial score (nSPS) is 20.0. The summed E-state index contributed by atoms with van der Waals surface area (Å²) in [5, 5.41) is 7.18. The summed E-state index contributed by atoms with van der Waals surface area (Å²) >= 11 is 0. The van der Waals surface area contributed by atoms with E-state index in [1.165, 1.54) is 63.1 Å². The fraction of sp³-hybridized carbons (Fsp3) is 0.607. The van der Waals surface area contributed by atoms with E-state index >= 15 is 0 Å². The van der Waals surface area contributed by atoms with Gasteiger partial charge in [-0.1, -0.05) is 37.8 Å². The second-order valence-electron chi connectivity index (χ2n) is 10.7. The van der Waals surface area contributed by atoms with Crippen molar-refractivity contribution in [3.05, 3.63) is 59.9 Å². The van der Waals surface area contributed by atoms with Gasteiger partial charge in [-0.05, 0) is 103 Å². The van der Waals surface area contributed by atoms with Crippen molar-refractivity contribution in [3.8, 4) is 0 Å². The second-order valence-corrected chi connectivity index (χ2v) is 10.7. The van der Waals surface area contributed by atoms with E-state index in [4.69, 9.17) is 5.73 Å². The molecule has 2 aliphatic rings. The molecule has 0 amide bonds. The van der Waals surface area contributed by atoms with Crippen molar-refractivity contribution in [1.82, 2.24) is 20.0 Å². The molecular weight excluding hydrogens is 406 g/mol. The van der Waals surface area contributed by atoms with Crippen molar-refractivity contribution in [2.75, 3.05) is 26.2 Å². The number of rotatable bonds is 5. The topological polar surface area (TPSA) is 61.2 Å². The number of aromatic nitrogens is 2. The van der Waals surface area contributed by atoms with Crippen LogP contribution < -0.4 is 5.73 Å². The molecule has 2 fully saturated rings. The second kappa shape index (κ2) is 11.3. The number of nitrogens with two attached hydrogens (primary N) is 1. The van der Waals surface area contributed by atoms with Gasteiger partial charge < -0.3 is 15.5 Å². The summed E-state index contributed by atoms with van der Waals surface area (Å²) in [6.45, 7) is 20.1. The highest BCUT2D eigenvalue weighted by molar-refractivity contribution is 5.60.